The molecule has 0 radical (unpaired) electrons. The molecule has 2 nitrogen and oxygen atoms in total. The number of rotatable bonds is 5. The van der Waals surface area contributed by atoms with E-state index in [2.05, 4.69) is 22.9 Å². The van der Waals surface area contributed by atoms with Crippen molar-refractivity contribution in [3.8, 4) is 5.75 Å². The molecule has 0 fully saturated rings. The quantitative estimate of drug-likeness (QED) is 0.863. The van der Waals surface area contributed by atoms with Crippen LogP contribution in [-0.2, 0) is 0 Å². The highest BCUT2D eigenvalue weighted by Crippen LogP contribution is 2.32. The van der Waals surface area contributed by atoms with E-state index < -0.39 is 6.10 Å². The Balaban J connectivity index is 2.35. The van der Waals surface area contributed by atoms with Crippen molar-refractivity contribution in [3.63, 3.8) is 0 Å². The summed E-state index contributed by atoms with van der Waals surface area (Å²) in [7, 11) is 0. The molecule has 0 saturated heterocycles. The van der Waals surface area contributed by atoms with E-state index in [-0.39, 0.29) is 0 Å². The lowest BCUT2D eigenvalue weighted by Crippen LogP contribution is -2.06. The summed E-state index contributed by atoms with van der Waals surface area (Å²) in [4.78, 5) is 0. The molecule has 0 aliphatic heterocycles. The van der Waals surface area contributed by atoms with E-state index in [1.807, 2.05) is 49.4 Å². The van der Waals surface area contributed by atoms with Crippen LogP contribution in [0.5, 0.6) is 5.75 Å². The molecule has 1 unspecified atom stereocenters. The summed E-state index contributed by atoms with van der Waals surface area (Å²) in [5, 5.41) is 10.6. The number of aliphatic hydroxyl groups excluding tert-OH is 1. The molecule has 1 N–H and O–H groups in total. The van der Waals surface area contributed by atoms with Crippen LogP contribution in [0.3, 0.4) is 0 Å². The Kier molecular flexibility index (Phi) is 5.21. The van der Waals surface area contributed by atoms with E-state index in [0.29, 0.717) is 6.61 Å². The molecule has 0 saturated carbocycles. The molecule has 0 heterocycles. The summed E-state index contributed by atoms with van der Waals surface area (Å²) in [5.74, 6) is 0.754. The molecule has 1 atom stereocenters. The van der Waals surface area contributed by atoms with Gasteiger partial charge in [-0.3, -0.25) is 0 Å². The second-order valence-electron chi connectivity index (χ2n) is 4.79. The lowest BCUT2D eigenvalue weighted by Gasteiger charge is -2.18. The minimum absolute atomic E-state index is 0.656. The van der Waals surface area contributed by atoms with Gasteiger partial charge in [0.05, 0.1) is 6.61 Å². The Morgan fingerprint density at radius 2 is 1.90 bits per heavy atom. The van der Waals surface area contributed by atoms with Crippen molar-refractivity contribution in [1.29, 1.82) is 0 Å². The fourth-order valence-corrected chi connectivity index (χ4v) is 2.64. The minimum atomic E-state index is -0.670. The van der Waals surface area contributed by atoms with Crippen LogP contribution >= 0.6 is 15.9 Å². The fourth-order valence-electron chi connectivity index (χ4n) is 2.16. The summed E-state index contributed by atoms with van der Waals surface area (Å²) in [6.07, 6.45) is 0.276. The average molecular weight is 335 g/mol. The number of ether oxygens (including phenoxy) is 1. The second-order valence-corrected chi connectivity index (χ2v) is 5.71. The van der Waals surface area contributed by atoms with Gasteiger partial charge in [0.2, 0.25) is 0 Å². The van der Waals surface area contributed by atoms with Gasteiger partial charge in [-0.25, -0.2) is 0 Å². The fraction of sp³-hybridized carbons (Fsp3) is 0.294. The van der Waals surface area contributed by atoms with E-state index in [9.17, 15) is 5.11 Å². The molecule has 0 aliphatic carbocycles. The molecular formula is C17H19BrO2. The van der Waals surface area contributed by atoms with Crippen LogP contribution in [0.1, 0.15) is 36.1 Å². The highest BCUT2D eigenvalue weighted by Gasteiger charge is 2.17. The molecule has 20 heavy (non-hydrogen) atoms. The van der Waals surface area contributed by atoms with Crippen molar-refractivity contribution >= 4 is 15.9 Å². The van der Waals surface area contributed by atoms with Crippen molar-refractivity contribution in [2.24, 2.45) is 0 Å². The molecule has 0 aliphatic rings. The molecule has 0 bridgehead atoms. The van der Waals surface area contributed by atoms with Gasteiger partial charge in [-0.2, -0.15) is 0 Å². The average Bonchev–Trinajstić information content (AvgIpc) is 2.45. The van der Waals surface area contributed by atoms with Gasteiger partial charge < -0.3 is 9.84 Å². The number of para-hydroxylation sites is 1. The first kappa shape index (κ1) is 15.1. The Labute approximate surface area is 128 Å². The Morgan fingerprint density at radius 1 is 1.15 bits per heavy atom. The highest BCUT2D eigenvalue weighted by molar-refractivity contribution is 9.10. The van der Waals surface area contributed by atoms with Gasteiger partial charge in [0.1, 0.15) is 11.9 Å². The third-order valence-corrected chi connectivity index (χ3v) is 3.69. The zero-order valence-corrected chi connectivity index (χ0v) is 13.4. The van der Waals surface area contributed by atoms with E-state index in [1.54, 1.807) is 0 Å². The number of hydrogen-bond acceptors (Lipinski definition) is 2. The monoisotopic (exact) mass is 334 g/mol. The smallest absolute Gasteiger partial charge is 0.125 e. The van der Waals surface area contributed by atoms with Crippen LogP contribution in [0.15, 0.2) is 46.9 Å². The first-order chi connectivity index (χ1) is 9.63. The molecule has 2 aromatic carbocycles. The van der Waals surface area contributed by atoms with Crippen molar-refractivity contribution in [3.05, 3.63) is 63.6 Å². The first-order valence-electron chi connectivity index (χ1n) is 6.79. The predicted octanol–water partition coefficient (Wildman–Crippen LogP) is 4.63. The summed E-state index contributed by atoms with van der Waals surface area (Å²) < 4.78 is 6.74. The van der Waals surface area contributed by atoms with Gasteiger partial charge in [-0.05, 0) is 42.7 Å². The van der Waals surface area contributed by atoms with Gasteiger partial charge in [0, 0.05) is 10.0 Å². The lowest BCUT2D eigenvalue weighted by molar-refractivity contribution is 0.210. The van der Waals surface area contributed by atoms with Crippen LogP contribution in [0.25, 0.3) is 0 Å². The zero-order valence-electron chi connectivity index (χ0n) is 11.8. The molecule has 3 heteroatoms. The van der Waals surface area contributed by atoms with Gasteiger partial charge in [0.15, 0.2) is 0 Å². The van der Waals surface area contributed by atoms with Crippen LogP contribution in [-0.4, -0.2) is 11.7 Å². The molecule has 0 spiro atoms. The summed E-state index contributed by atoms with van der Waals surface area (Å²) in [5.41, 5.74) is 2.77. The lowest BCUT2D eigenvalue weighted by atomic mass is 9.97. The molecule has 0 amide bonds. The van der Waals surface area contributed by atoms with Gasteiger partial charge in [-0.15, -0.1) is 0 Å². The van der Waals surface area contributed by atoms with Crippen molar-refractivity contribution in [2.75, 3.05) is 6.61 Å². The maximum atomic E-state index is 10.6. The first-order valence-corrected chi connectivity index (χ1v) is 7.58. The number of aliphatic hydroxyl groups is 1. The SMILES string of the molecule is CCCOc1ccccc1C(O)c1ccc(Br)cc1C. The minimum Gasteiger partial charge on any atom is -0.493 e. The van der Waals surface area contributed by atoms with Crippen molar-refractivity contribution < 1.29 is 9.84 Å². The molecule has 0 aromatic heterocycles. The maximum Gasteiger partial charge on any atom is 0.125 e. The number of hydrogen-bond donors (Lipinski definition) is 1. The highest BCUT2D eigenvalue weighted by atomic mass is 79.9. The molecule has 2 rings (SSSR count). The number of benzene rings is 2. The Morgan fingerprint density at radius 3 is 2.60 bits per heavy atom. The molecular weight excluding hydrogens is 316 g/mol. The van der Waals surface area contributed by atoms with E-state index >= 15 is 0 Å². The van der Waals surface area contributed by atoms with Crippen LogP contribution in [0.4, 0.5) is 0 Å². The summed E-state index contributed by atoms with van der Waals surface area (Å²) in [6, 6.07) is 13.6. The van der Waals surface area contributed by atoms with Gasteiger partial charge >= 0.3 is 0 Å². The standard InChI is InChI=1S/C17H19BrO2/c1-3-10-20-16-7-5-4-6-15(16)17(19)14-9-8-13(18)11-12(14)2/h4-9,11,17,19H,3,10H2,1-2H3. The van der Waals surface area contributed by atoms with Crippen LogP contribution in [0, 0.1) is 6.92 Å². The number of halogens is 1. The largest absolute Gasteiger partial charge is 0.493 e. The van der Waals surface area contributed by atoms with Crippen LogP contribution < -0.4 is 4.74 Å². The van der Waals surface area contributed by atoms with Gasteiger partial charge in [-0.1, -0.05) is 47.1 Å². The summed E-state index contributed by atoms with van der Waals surface area (Å²) in [6.45, 7) is 4.72. The topological polar surface area (TPSA) is 29.5 Å². The molecule has 2 aromatic rings. The molecule has 106 valence electrons. The zero-order chi connectivity index (χ0) is 14.5. The van der Waals surface area contributed by atoms with Crippen LogP contribution in [0.2, 0.25) is 0 Å². The third-order valence-electron chi connectivity index (χ3n) is 3.20. The van der Waals surface area contributed by atoms with Gasteiger partial charge in [0.25, 0.3) is 0 Å². The van der Waals surface area contributed by atoms with E-state index in [4.69, 9.17) is 4.74 Å². The predicted molar refractivity (Wildman–Crippen MR) is 85.2 cm³/mol. The van der Waals surface area contributed by atoms with E-state index in [1.165, 1.54) is 0 Å². The second kappa shape index (κ2) is 6.91. The summed E-state index contributed by atoms with van der Waals surface area (Å²) >= 11 is 3.44. The van der Waals surface area contributed by atoms with E-state index in [0.717, 1.165) is 33.3 Å². The van der Waals surface area contributed by atoms with Crippen molar-refractivity contribution in [2.45, 2.75) is 26.4 Å². The Hall–Kier alpha value is -1.32. The Bertz CT molecular complexity index is 581. The normalized spacial score (nSPS) is 12.2. The maximum absolute atomic E-state index is 10.6. The van der Waals surface area contributed by atoms with Crippen molar-refractivity contribution in [1.82, 2.24) is 0 Å². The number of aryl methyl sites for hydroxylation is 1. The third kappa shape index (κ3) is 3.41.